The predicted octanol–water partition coefficient (Wildman–Crippen LogP) is 1.04. The van der Waals surface area contributed by atoms with Crippen molar-refractivity contribution in [2.24, 2.45) is 0 Å². The molecule has 1 aromatic carbocycles. The molecular weight excluding hydrogens is 212 g/mol. The van der Waals surface area contributed by atoms with E-state index >= 15 is 0 Å². The molecule has 0 spiro atoms. The SMILES string of the molecule is Cc1ccccc1N1CCCNS1(=O)=O. The third-order valence-electron chi connectivity index (χ3n) is 2.50. The lowest BCUT2D eigenvalue weighted by molar-refractivity contribution is 0.560. The normalized spacial score (nSPS) is 20.2. The third-order valence-corrected chi connectivity index (χ3v) is 4.03. The zero-order valence-electron chi connectivity index (χ0n) is 8.60. The number of aryl methyl sites for hydroxylation is 1. The first kappa shape index (κ1) is 10.4. The quantitative estimate of drug-likeness (QED) is 0.778. The molecule has 1 aliphatic rings. The van der Waals surface area contributed by atoms with Crippen LogP contribution in [0.1, 0.15) is 12.0 Å². The Labute approximate surface area is 90.1 Å². The van der Waals surface area contributed by atoms with Crippen LogP contribution < -0.4 is 9.03 Å². The Balaban J connectivity index is 2.42. The Morgan fingerprint density at radius 3 is 2.73 bits per heavy atom. The summed E-state index contributed by atoms with van der Waals surface area (Å²) < 4.78 is 27.5. The smallest absolute Gasteiger partial charge is 0.258 e. The number of para-hydroxylation sites is 1. The fraction of sp³-hybridized carbons (Fsp3) is 0.400. The first-order chi connectivity index (χ1) is 7.11. The third kappa shape index (κ3) is 1.98. The van der Waals surface area contributed by atoms with Crippen molar-refractivity contribution in [1.82, 2.24) is 4.72 Å². The fourth-order valence-electron chi connectivity index (χ4n) is 1.72. The first-order valence-electron chi connectivity index (χ1n) is 4.94. The number of nitrogens with zero attached hydrogens (tertiary/aromatic N) is 1. The minimum atomic E-state index is -3.32. The number of benzene rings is 1. The van der Waals surface area contributed by atoms with Crippen LogP contribution in [0.5, 0.6) is 0 Å². The molecule has 0 aromatic heterocycles. The van der Waals surface area contributed by atoms with E-state index in [-0.39, 0.29) is 0 Å². The Hall–Kier alpha value is -1.07. The molecule has 0 radical (unpaired) electrons. The molecule has 1 fully saturated rings. The van der Waals surface area contributed by atoms with Gasteiger partial charge < -0.3 is 0 Å². The lowest BCUT2D eigenvalue weighted by Crippen LogP contribution is -2.47. The maximum Gasteiger partial charge on any atom is 0.301 e. The molecule has 2 rings (SSSR count). The maximum atomic E-state index is 11.7. The molecule has 0 bridgehead atoms. The molecule has 0 saturated carbocycles. The van der Waals surface area contributed by atoms with Gasteiger partial charge in [0, 0.05) is 13.1 Å². The summed E-state index contributed by atoms with van der Waals surface area (Å²) in [5.41, 5.74) is 1.74. The van der Waals surface area contributed by atoms with E-state index in [0.717, 1.165) is 17.7 Å². The summed E-state index contributed by atoms with van der Waals surface area (Å²) in [5, 5.41) is 0. The van der Waals surface area contributed by atoms with Crippen LogP contribution in [-0.4, -0.2) is 21.5 Å². The second-order valence-corrected chi connectivity index (χ2v) is 5.29. The molecule has 0 aliphatic carbocycles. The van der Waals surface area contributed by atoms with Crippen LogP contribution in [0.4, 0.5) is 5.69 Å². The van der Waals surface area contributed by atoms with E-state index in [1.54, 1.807) is 0 Å². The summed E-state index contributed by atoms with van der Waals surface area (Å²) in [6.07, 6.45) is 0.841. The van der Waals surface area contributed by atoms with E-state index in [1.165, 1.54) is 4.31 Å². The van der Waals surface area contributed by atoms with Crippen LogP contribution in [0.15, 0.2) is 24.3 Å². The summed E-state index contributed by atoms with van der Waals surface area (Å²) in [5.74, 6) is 0. The van der Waals surface area contributed by atoms with Gasteiger partial charge in [-0.05, 0) is 25.0 Å². The van der Waals surface area contributed by atoms with Gasteiger partial charge in [0.1, 0.15) is 0 Å². The van der Waals surface area contributed by atoms with E-state index in [2.05, 4.69) is 4.72 Å². The summed E-state index contributed by atoms with van der Waals surface area (Å²) in [6, 6.07) is 7.51. The van der Waals surface area contributed by atoms with Crippen molar-refractivity contribution in [3.63, 3.8) is 0 Å². The molecule has 82 valence electrons. The van der Waals surface area contributed by atoms with Crippen LogP contribution in [0.2, 0.25) is 0 Å². The number of hydrogen-bond donors (Lipinski definition) is 1. The Bertz CT molecular complexity index is 456. The second-order valence-electron chi connectivity index (χ2n) is 3.61. The van der Waals surface area contributed by atoms with Crippen LogP contribution in [0.3, 0.4) is 0 Å². The summed E-state index contributed by atoms with van der Waals surface area (Å²) >= 11 is 0. The topological polar surface area (TPSA) is 49.4 Å². The lowest BCUT2D eigenvalue weighted by atomic mass is 10.2. The van der Waals surface area contributed by atoms with Crippen molar-refractivity contribution >= 4 is 15.9 Å². The van der Waals surface area contributed by atoms with Gasteiger partial charge in [0.25, 0.3) is 0 Å². The lowest BCUT2D eigenvalue weighted by Gasteiger charge is -2.29. The van der Waals surface area contributed by atoms with Gasteiger partial charge in [-0.15, -0.1) is 0 Å². The zero-order chi connectivity index (χ0) is 10.9. The van der Waals surface area contributed by atoms with E-state index in [1.807, 2.05) is 31.2 Å². The van der Waals surface area contributed by atoms with Gasteiger partial charge in [-0.1, -0.05) is 18.2 Å². The van der Waals surface area contributed by atoms with Crippen LogP contribution in [0, 0.1) is 6.92 Å². The molecule has 15 heavy (non-hydrogen) atoms. The van der Waals surface area contributed by atoms with Gasteiger partial charge in [0.2, 0.25) is 0 Å². The molecule has 1 aromatic rings. The molecule has 4 nitrogen and oxygen atoms in total. The Morgan fingerprint density at radius 1 is 1.33 bits per heavy atom. The highest BCUT2D eigenvalue weighted by molar-refractivity contribution is 7.90. The standard InChI is InChI=1S/C10H14N2O2S/c1-9-5-2-3-6-10(9)12-8-4-7-11-15(12,13)14/h2-3,5-6,11H,4,7-8H2,1H3. The fourth-order valence-corrected chi connectivity index (χ4v) is 3.11. The average Bonchev–Trinajstić information content (AvgIpc) is 2.19. The second kappa shape index (κ2) is 3.83. The van der Waals surface area contributed by atoms with E-state index < -0.39 is 10.2 Å². The molecule has 1 N–H and O–H groups in total. The number of anilines is 1. The van der Waals surface area contributed by atoms with Crippen molar-refractivity contribution in [2.75, 3.05) is 17.4 Å². The van der Waals surface area contributed by atoms with E-state index in [0.29, 0.717) is 13.1 Å². The largest absolute Gasteiger partial charge is 0.301 e. The molecule has 0 amide bonds. The summed E-state index contributed by atoms with van der Waals surface area (Å²) in [4.78, 5) is 0. The van der Waals surface area contributed by atoms with Crippen LogP contribution in [0.25, 0.3) is 0 Å². The molecule has 0 unspecified atom stereocenters. The summed E-state index contributed by atoms with van der Waals surface area (Å²) in [6.45, 7) is 3.00. The van der Waals surface area contributed by atoms with Crippen LogP contribution in [-0.2, 0) is 10.2 Å². The minimum Gasteiger partial charge on any atom is -0.258 e. The number of hydrogen-bond acceptors (Lipinski definition) is 2. The van der Waals surface area contributed by atoms with Crippen molar-refractivity contribution in [3.05, 3.63) is 29.8 Å². The predicted molar refractivity (Wildman–Crippen MR) is 60.1 cm³/mol. The minimum absolute atomic E-state index is 0.532. The molecule has 5 heteroatoms. The van der Waals surface area contributed by atoms with Crippen molar-refractivity contribution in [1.29, 1.82) is 0 Å². The van der Waals surface area contributed by atoms with Crippen molar-refractivity contribution < 1.29 is 8.42 Å². The maximum absolute atomic E-state index is 11.7. The van der Waals surface area contributed by atoms with E-state index in [4.69, 9.17) is 0 Å². The first-order valence-corrected chi connectivity index (χ1v) is 6.38. The molecule has 1 saturated heterocycles. The Kier molecular flexibility index (Phi) is 2.67. The number of rotatable bonds is 1. The van der Waals surface area contributed by atoms with Gasteiger partial charge in [-0.25, -0.2) is 0 Å². The molecule has 1 aliphatic heterocycles. The monoisotopic (exact) mass is 226 g/mol. The van der Waals surface area contributed by atoms with E-state index in [9.17, 15) is 8.42 Å². The van der Waals surface area contributed by atoms with Crippen LogP contribution >= 0.6 is 0 Å². The molecule has 1 heterocycles. The number of nitrogens with one attached hydrogen (secondary N) is 1. The van der Waals surface area contributed by atoms with Gasteiger partial charge in [0.05, 0.1) is 5.69 Å². The van der Waals surface area contributed by atoms with Gasteiger partial charge >= 0.3 is 10.2 Å². The molecule has 0 atom stereocenters. The van der Waals surface area contributed by atoms with Crippen molar-refractivity contribution in [3.8, 4) is 0 Å². The zero-order valence-corrected chi connectivity index (χ0v) is 9.42. The highest BCUT2D eigenvalue weighted by atomic mass is 32.2. The molecular formula is C10H14N2O2S. The van der Waals surface area contributed by atoms with Gasteiger partial charge in [-0.2, -0.15) is 13.1 Å². The highest BCUT2D eigenvalue weighted by Crippen LogP contribution is 2.23. The van der Waals surface area contributed by atoms with Gasteiger partial charge in [0.15, 0.2) is 0 Å². The van der Waals surface area contributed by atoms with Crippen molar-refractivity contribution in [2.45, 2.75) is 13.3 Å². The van der Waals surface area contributed by atoms with Gasteiger partial charge in [-0.3, -0.25) is 4.31 Å². The average molecular weight is 226 g/mol. The Morgan fingerprint density at radius 2 is 2.07 bits per heavy atom. The highest BCUT2D eigenvalue weighted by Gasteiger charge is 2.26. The summed E-state index contributed by atoms with van der Waals surface area (Å²) in [7, 11) is -3.32.